The van der Waals surface area contributed by atoms with Crippen molar-refractivity contribution in [3.05, 3.63) is 64.5 Å². The number of carbonyl (C=O) groups excluding carboxylic acids is 1. The zero-order valence-corrected chi connectivity index (χ0v) is 16.2. The highest BCUT2D eigenvalue weighted by atomic mass is 19.1. The number of nitrogens with zero attached hydrogens (tertiary/aromatic N) is 3. The van der Waals surface area contributed by atoms with Gasteiger partial charge in [-0.15, -0.1) is 5.10 Å². The van der Waals surface area contributed by atoms with Crippen molar-refractivity contribution in [2.75, 3.05) is 31.7 Å². The molecule has 4 rings (SSSR count). The van der Waals surface area contributed by atoms with Crippen LogP contribution in [-0.2, 0) is 14.3 Å². The summed E-state index contributed by atoms with van der Waals surface area (Å²) in [6.07, 6.45) is -0.327. The highest BCUT2D eigenvalue weighted by Gasteiger charge is 2.26. The second kappa shape index (κ2) is 8.19. The van der Waals surface area contributed by atoms with Gasteiger partial charge in [0.1, 0.15) is 11.5 Å². The number of carbonyl (C=O) groups is 1. The molecule has 0 aliphatic carbocycles. The van der Waals surface area contributed by atoms with Gasteiger partial charge in [-0.05, 0) is 18.2 Å². The molecule has 0 radical (unpaired) electrons. The molecular formula is C21H19F2N3O4. The molecule has 3 aromatic rings. The number of esters is 1. The number of aromatic nitrogens is 2. The quantitative estimate of drug-likeness (QED) is 0.610. The van der Waals surface area contributed by atoms with Crippen LogP contribution >= 0.6 is 0 Å². The van der Waals surface area contributed by atoms with E-state index in [1.54, 1.807) is 24.3 Å². The number of hydrogen-bond donors (Lipinski definition) is 0. The fourth-order valence-corrected chi connectivity index (χ4v) is 3.53. The van der Waals surface area contributed by atoms with E-state index < -0.39 is 29.3 Å². The van der Waals surface area contributed by atoms with Crippen LogP contribution in [0.1, 0.15) is 6.42 Å². The van der Waals surface area contributed by atoms with Crippen LogP contribution in [0, 0.1) is 11.6 Å². The molecule has 30 heavy (non-hydrogen) atoms. The lowest BCUT2D eigenvalue weighted by molar-refractivity contribution is -0.144. The minimum Gasteiger partial charge on any atom is -0.469 e. The molecule has 2 heterocycles. The van der Waals surface area contributed by atoms with Gasteiger partial charge >= 0.3 is 5.97 Å². The van der Waals surface area contributed by atoms with Crippen LogP contribution in [-0.4, -0.2) is 48.7 Å². The predicted octanol–water partition coefficient (Wildman–Crippen LogP) is 2.43. The molecule has 1 aromatic heterocycles. The summed E-state index contributed by atoms with van der Waals surface area (Å²) in [6.45, 7) is 1.16. The Labute approximate surface area is 170 Å². The van der Waals surface area contributed by atoms with E-state index in [4.69, 9.17) is 9.47 Å². The van der Waals surface area contributed by atoms with Crippen LogP contribution in [0.15, 0.2) is 47.3 Å². The van der Waals surface area contributed by atoms with Crippen LogP contribution in [0.25, 0.3) is 16.5 Å². The molecule has 0 bridgehead atoms. The first-order chi connectivity index (χ1) is 14.5. The molecule has 1 unspecified atom stereocenters. The van der Waals surface area contributed by atoms with Crippen molar-refractivity contribution >= 4 is 22.6 Å². The Morgan fingerprint density at radius 3 is 2.73 bits per heavy atom. The summed E-state index contributed by atoms with van der Waals surface area (Å²) in [5.41, 5.74) is -0.660. The smallest absolute Gasteiger partial charge is 0.308 e. The Morgan fingerprint density at radius 1 is 1.23 bits per heavy atom. The lowest BCUT2D eigenvalue weighted by Gasteiger charge is -2.34. The van der Waals surface area contributed by atoms with Crippen LogP contribution in [0.2, 0.25) is 0 Å². The van der Waals surface area contributed by atoms with Crippen molar-refractivity contribution in [3.8, 4) is 5.69 Å². The number of anilines is 1. The van der Waals surface area contributed by atoms with Crippen molar-refractivity contribution < 1.29 is 23.0 Å². The lowest BCUT2D eigenvalue weighted by atomic mass is 10.1. The third-order valence-electron chi connectivity index (χ3n) is 4.98. The fraction of sp³-hybridized carbons (Fsp3) is 0.286. The largest absolute Gasteiger partial charge is 0.469 e. The van der Waals surface area contributed by atoms with Gasteiger partial charge in [-0.1, -0.05) is 18.2 Å². The molecular weight excluding hydrogens is 396 g/mol. The highest BCUT2D eigenvalue weighted by molar-refractivity contribution is 5.91. The van der Waals surface area contributed by atoms with Crippen LogP contribution < -0.4 is 10.5 Å². The second-order valence-corrected chi connectivity index (χ2v) is 6.90. The van der Waals surface area contributed by atoms with E-state index in [0.717, 1.165) is 10.7 Å². The Morgan fingerprint density at radius 2 is 2.00 bits per heavy atom. The van der Waals surface area contributed by atoms with E-state index in [-0.39, 0.29) is 12.1 Å². The molecule has 0 saturated carbocycles. The summed E-state index contributed by atoms with van der Waals surface area (Å²) >= 11 is 0. The molecule has 7 nitrogen and oxygen atoms in total. The van der Waals surface area contributed by atoms with Crippen molar-refractivity contribution in [2.45, 2.75) is 12.5 Å². The zero-order valence-electron chi connectivity index (χ0n) is 16.2. The van der Waals surface area contributed by atoms with Gasteiger partial charge in [-0.2, -0.15) is 4.68 Å². The topological polar surface area (TPSA) is 73.7 Å². The number of benzene rings is 2. The molecule has 1 aliphatic heterocycles. The standard InChI is InChI=1S/C21H19F2N3O4/c1-29-19(27)11-14-12-25(8-9-30-14)20-15-4-2-3-5-16(15)21(28)26(24-20)18-7-6-13(22)10-17(18)23/h2-7,10,14H,8-9,11-12H2,1H3. The van der Waals surface area contributed by atoms with E-state index in [1.165, 1.54) is 13.2 Å². The molecule has 0 spiro atoms. The maximum Gasteiger partial charge on any atom is 0.308 e. The maximum absolute atomic E-state index is 14.4. The summed E-state index contributed by atoms with van der Waals surface area (Å²) in [4.78, 5) is 26.5. The van der Waals surface area contributed by atoms with E-state index in [9.17, 15) is 18.4 Å². The molecule has 9 heteroatoms. The first kappa shape index (κ1) is 20.0. The van der Waals surface area contributed by atoms with E-state index in [0.29, 0.717) is 42.4 Å². The number of hydrogen-bond acceptors (Lipinski definition) is 6. The molecule has 1 fully saturated rings. The normalized spacial score (nSPS) is 16.6. The lowest BCUT2D eigenvalue weighted by Crippen LogP contribution is -2.44. The SMILES string of the molecule is COC(=O)CC1CN(c2nn(-c3ccc(F)cc3F)c(=O)c3ccccc23)CCO1. The molecule has 1 aliphatic rings. The van der Waals surface area contributed by atoms with Crippen molar-refractivity contribution in [2.24, 2.45) is 0 Å². The Balaban J connectivity index is 1.82. The number of fused-ring (bicyclic) bond motifs is 1. The average molecular weight is 415 g/mol. The zero-order chi connectivity index (χ0) is 21.3. The molecule has 0 amide bonds. The van der Waals surface area contributed by atoms with Crippen LogP contribution in [0.5, 0.6) is 0 Å². The minimum atomic E-state index is -0.892. The van der Waals surface area contributed by atoms with Crippen molar-refractivity contribution in [3.63, 3.8) is 0 Å². The van der Waals surface area contributed by atoms with Gasteiger partial charge in [0, 0.05) is 24.5 Å². The second-order valence-electron chi connectivity index (χ2n) is 6.90. The van der Waals surface area contributed by atoms with Gasteiger partial charge < -0.3 is 14.4 Å². The Bertz CT molecular complexity index is 1160. The first-order valence-electron chi connectivity index (χ1n) is 9.39. The van der Waals surface area contributed by atoms with Gasteiger partial charge in [0.15, 0.2) is 11.6 Å². The van der Waals surface area contributed by atoms with E-state index >= 15 is 0 Å². The first-order valence-corrected chi connectivity index (χ1v) is 9.39. The van der Waals surface area contributed by atoms with E-state index in [1.807, 2.05) is 4.90 Å². The van der Waals surface area contributed by atoms with Gasteiger partial charge in [0.05, 0.1) is 31.6 Å². The van der Waals surface area contributed by atoms with Gasteiger partial charge in [-0.25, -0.2) is 8.78 Å². The predicted molar refractivity (Wildman–Crippen MR) is 106 cm³/mol. The number of halogens is 2. The molecule has 0 N–H and O–H groups in total. The number of morpholine rings is 1. The summed E-state index contributed by atoms with van der Waals surface area (Å²) < 4.78 is 39.1. The number of methoxy groups -OCH3 is 1. The molecule has 2 aromatic carbocycles. The Hall–Kier alpha value is -3.33. The van der Waals surface area contributed by atoms with Crippen LogP contribution in [0.4, 0.5) is 14.6 Å². The average Bonchev–Trinajstić information content (AvgIpc) is 2.75. The van der Waals surface area contributed by atoms with E-state index in [2.05, 4.69) is 5.10 Å². The number of rotatable bonds is 4. The third kappa shape index (κ3) is 3.76. The maximum atomic E-state index is 14.4. The Kier molecular flexibility index (Phi) is 5.45. The fourth-order valence-electron chi connectivity index (χ4n) is 3.53. The van der Waals surface area contributed by atoms with Gasteiger partial charge in [0.2, 0.25) is 0 Å². The summed E-state index contributed by atoms with van der Waals surface area (Å²) in [5.74, 6) is -1.58. The minimum absolute atomic E-state index is 0.0805. The van der Waals surface area contributed by atoms with Gasteiger partial charge in [0.25, 0.3) is 5.56 Å². The van der Waals surface area contributed by atoms with Crippen molar-refractivity contribution in [1.82, 2.24) is 9.78 Å². The highest BCUT2D eigenvalue weighted by Crippen LogP contribution is 2.26. The monoisotopic (exact) mass is 415 g/mol. The summed E-state index contributed by atoms with van der Waals surface area (Å²) in [6, 6.07) is 9.84. The van der Waals surface area contributed by atoms with Gasteiger partial charge in [-0.3, -0.25) is 9.59 Å². The molecule has 156 valence electrons. The molecule has 1 saturated heterocycles. The number of ether oxygens (including phenoxy) is 2. The van der Waals surface area contributed by atoms with Crippen LogP contribution in [0.3, 0.4) is 0 Å². The molecule has 1 atom stereocenters. The summed E-state index contributed by atoms with van der Waals surface area (Å²) in [7, 11) is 1.31. The third-order valence-corrected chi connectivity index (χ3v) is 4.98. The summed E-state index contributed by atoms with van der Waals surface area (Å²) in [5, 5.41) is 5.36. The van der Waals surface area contributed by atoms with Crippen molar-refractivity contribution in [1.29, 1.82) is 0 Å².